The molecule has 4 rings (SSSR count). The van der Waals surface area contributed by atoms with Gasteiger partial charge < -0.3 is 13.8 Å². The zero-order valence-electron chi connectivity index (χ0n) is 13.3. The van der Waals surface area contributed by atoms with Crippen LogP contribution in [0.4, 0.5) is 0 Å². The lowest BCUT2D eigenvalue weighted by atomic mass is 10.1. The van der Waals surface area contributed by atoms with Crippen LogP contribution >= 0.6 is 0 Å². The molecule has 0 aliphatic carbocycles. The van der Waals surface area contributed by atoms with Gasteiger partial charge in [-0.15, -0.1) is 0 Å². The number of amides is 1. The third-order valence-electron chi connectivity index (χ3n) is 4.25. The molecule has 1 aliphatic heterocycles. The normalized spacial score (nSPS) is 17.4. The van der Waals surface area contributed by atoms with Crippen LogP contribution in [0.3, 0.4) is 0 Å². The highest BCUT2D eigenvalue weighted by molar-refractivity contribution is 5.91. The van der Waals surface area contributed by atoms with E-state index in [0.717, 1.165) is 24.0 Å². The van der Waals surface area contributed by atoms with Gasteiger partial charge in [-0.3, -0.25) is 4.79 Å². The first-order valence-corrected chi connectivity index (χ1v) is 7.97. The zero-order chi connectivity index (χ0) is 16.5. The first-order valence-electron chi connectivity index (χ1n) is 7.97. The van der Waals surface area contributed by atoms with E-state index in [1.807, 2.05) is 31.2 Å². The summed E-state index contributed by atoms with van der Waals surface area (Å²) < 4.78 is 10.7. The number of hydrogen-bond acceptors (Lipinski definition) is 5. The van der Waals surface area contributed by atoms with Crippen LogP contribution in [0.15, 0.2) is 51.6 Å². The summed E-state index contributed by atoms with van der Waals surface area (Å²) in [7, 11) is 0. The number of benzene rings is 1. The fourth-order valence-electron chi connectivity index (χ4n) is 3.08. The summed E-state index contributed by atoms with van der Waals surface area (Å²) in [6.45, 7) is 2.68. The molecule has 2 aromatic heterocycles. The molecule has 1 aliphatic rings. The number of carbonyl (C=O) groups excluding carboxylic acids is 1. The smallest absolute Gasteiger partial charge is 0.290 e. The third-order valence-corrected chi connectivity index (χ3v) is 4.25. The average molecular weight is 323 g/mol. The highest BCUT2D eigenvalue weighted by atomic mass is 16.5. The van der Waals surface area contributed by atoms with E-state index in [4.69, 9.17) is 8.94 Å². The topological polar surface area (TPSA) is 72.4 Å². The Labute approximate surface area is 139 Å². The maximum atomic E-state index is 12.6. The molecule has 6 heteroatoms. The van der Waals surface area contributed by atoms with Gasteiger partial charge in [0, 0.05) is 12.1 Å². The highest BCUT2D eigenvalue weighted by Crippen LogP contribution is 2.33. The molecule has 0 radical (unpaired) electrons. The number of aryl methyl sites for hydroxylation is 1. The van der Waals surface area contributed by atoms with E-state index >= 15 is 0 Å². The van der Waals surface area contributed by atoms with Crippen molar-refractivity contribution in [3.8, 4) is 11.4 Å². The minimum absolute atomic E-state index is 0.141. The van der Waals surface area contributed by atoms with Crippen molar-refractivity contribution in [2.75, 3.05) is 6.54 Å². The lowest BCUT2D eigenvalue weighted by Crippen LogP contribution is -2.30. The van der Waals surface area contributed by atoms with Gasteiger partial charge in [-0.25, -0.2) is 0 Å². The van der Waals surface area contributed by atoms with Gasteiger partial charge >= 0.3 is 0 Å². The predicted octanol–water partition coefficient (Wildman–Crippen LogP) is 3.62. The van der Waals surface area contributed by atoms with Crippen molar-refractivity contribution in [3.63, 3.8) is 0 Å². The van der Waals surface area contributed by atoms with Crippen molar-refractivity contribution in [3.05, 3.63) is 59.9 Å². The van der Waals surface area contributed by atoms with Crippen LogP contribution < -0.4 is 0 Å². The van der Waals surface area contributed by atoms with Crippen LogP contribution in [0.5, 0.6) is 0 Å². The Bertz CT molecular complexity index is 854. The van der Waals surface area contributed by atoms with E-state index in [-0.39, 0.29) is 11.9 Å². The Hall–Kier alpha value is -2.89. The van der Waals surface area contributed by atoms with Gasteiger partial charge in [0.05, 0.1) is 6.26 Å². The molecule has 1 unspecified atom stereocenters. The number of furan rings is 1. The number of hydrogen-bond donors (Lipinski definition) is 0. The van der Waals surface area contributed by atoms with Crippen LogP contribution in [0.25, 0.3) is 11.4 Å². The van der Waals surface area contributed by atoms with Gasteiger partial charge in [-0.05, 0) is 38.0 Å². The standard InChI is InChI=1S/C18H17N3O3/c1-12-5-2-6-13(11-12)16-19-17(24-20-16)14-7-3-9-21(14)18(22)15-8-4-10-23-15/h2,4-6,8,10-11,14H,3,7,9H2,1H3. The lowest BCUT2D eigenvalue weighted by Gasteiger charge is -2.20. The van der Waals surface area contributed by atoms with Gasteiger partial charge in [0.2, 0.25) is 11.7 Å². The molecule has 1 amide bonds. The zero-order valence-corrected chi connectivity index (χ0v) is 13.3. The summed E-state index contributed by atoms with van der Waals surface area (Å²) in [4.78, 5) is 18.8. The summed E-state index contributed by atoms with van der Waals surface area (Å²) in [5.41, 5.74) is 2.04. The lowest BCUT2D eigenvalue weighted by molar-refractivity contribution is 0.0678. The molecule has 0 bridgehead atoms. The molecule has 3 aromatic rings. The van der Waals surface area contributed by atoms with Crippen LogP contribution in [-0.4, -0.2) is 27.5 Å². The fourth-order valence-corrected chi connectivity index (χ4v) is 3.08. The molecule has 1 fully saturated rings. The minimum Gasteiger partial charge on any atom is -0.459 e. The number of likely N-dealkylation sites (tertiary alicyclic amines) is 1. The van der Waals surface area contributed by atoms with E-state index in [1.54, 1.807) is 17.0 Å². The van der Waals surface area contributed by atoms with Crippen LogP contribution in [-0.2, 0) is 0 Å². The van der Waals surface area contributed by atoms with E-state index in [9.17, 15) is 4.79 Å². The summed E-state index contributed by atoms with van der Waals surface area (Å²) in [6.07, 6.45) is 3.21. The summed E-state index contributed by atoms with van der Waals surface area (Å²) >= 11 is 0. The van der Waals surface area contributed by atoms with Crippen molar-refractivity contribution >= 4 is 5.91 Å². The summed E-state index contributed by atoms with van der Waals surface area (Å²) in [6, 6.07) is 11.1. The van der Waals surface area contributed by atoms with Crippen molar-refractivity contribution < 1.29 is 13.7 Å². The van der Waals surface area contributed by atoms with Gasteiger partial charge in [-0.1, -0.05) is 28.9 Å². The molecule has 0 N–H and O–H groups in total. The molecular formula is C18H17N3O3. The number of carbonyl (C=O) groups is 1. The molecule has 0 spiro atoms. The van der Waals surface area contributed by atoms with Gasteiger partial charge in [0.15, 0.2) is 5.76 Å². The number of rotatable bonds is 3. The minimum atomic E-state index is -0.200. The third kappa shape index (κ3) is 2.60. The second kappa shape index (κ2) is 5.96. The van der Waals surface area contributed by atoms with E-state index in [0.29, 0.717) is 24.0 Å². The summed E-state index contributed by atoms with van der Waals surface area (Å²) in [5, 5.41) is 4.08. The maximum Gasteiger partial charge on any atom is 0.290 e. The Morgan fingerprint density at radius 2 is 2.21 bits per heavy atom. The van der Waals surface area contributed by atoms with E-state index in [2.05, 4.69) is 10.1 Å². The van der Waals surface area contributed by atoms with Crippen LogP contribution in [0.2, 0.25) is 0 Å². The van der Waals surface area contributed by atoms with Gasteiger partial charge in [-0.2, -0.15) is 4.98 Å². The molecule has 6 nitrogen and oxygen atoms in total. The van der Waals surface area contributed by atoms with Crippen molar-refractivity contribution in [2.24, 2.45) is 0 Å². The number of aromatic nitrogens is 2. The molecular weight excluding hydrogens is 306 g/mol. The van der Waals surface area contributed by atoms with Gasteiger partial charge in [0.25, 0.3) is 5.91 Å². The number of nitrogens with zero attached hydrogens (tertiary/aromatic N) is 3. The van der Waals surface area contributed by atoms with E-state index in [1.165, 1.54) is 6.26 Å². The summed E-state index contributed by atoms with van der Waals surface area (Å²) in [5.74, 6) is 1.22. The first-order chi connectivity index (χ1) is 11.7. The largest absolute Gasteiger partial charge is 0.459 e. The molecule has 24 heavy (non-hydrogen) atoms. The fraction of sp³-hybridized carbons (Fsp3) is 0.278. The highest BCUT2D eigenvalue weighted by Gasteiger charge is 2.35. The van der Waals surface area contributed by atoms with E-state index < -0.39 is 0 Å². The molecule has 122 valence electrons. The average Bonchev–Trinajstić information content (AvgIpc) is 3.33. The predicted molar refractivity (Wildman–Crippen MR) is 86.2 cm³/mol. The Balaban J connectivity index is 1.60. The molecule has 3 heterocycles. The molecule has 0 saturated carbocycles. The SMILES string of the molecule is Cc1cccc(-c2noc(C3CCCN3C(=O)c3ccco3)n2)c1. The first kappa shape index (κ1) is 14.7. The van der Waals surface area contributed by atoms with Crippen molar-refractivity contribution in [2.45, 2.75) is 25.8 Å². The Morgan fingerprint density at radius 3 is 3.00 bits per heavy atom. The van der Waals surface area contributed by atoms with Gasteiger partial charge in [0.1, 0.15) is 6.04 Å². The van der Waals surface area contributed by atoms with Crippen molar-refractivity contribution in [1.82, 2.24) is 15.0 Å². The molecule has 1 saturated heterocycles. The monoisotopic (exact) mass is 323 g/mol. The quantitative estimate of drug-likeness (QED) is 0.736. The maximum absolute atomic E-state index is 12.6. The van der Waals surface area contributed by atoms with Crippen LogP contribution in [0, 0.1) is 6.92 Å². The second-order valence-corrected chi connectivity index (χ2v) is 5.96. The van der Waals surface area contributed by atoms with Crippen LogP contribution in [0.1, 0.15) is 40.9 Å². The second-order valence-electron chi connectivity index (χ2n) is 5.96. The Kier molecular flexibility index (Phi) is 3.65. The Morgan fingerprint density at radius 1 is 1.29 bits per heavy atom. The molecule has 1 aromatic carbocycles. The molecule has 1 atom stereocenters. The van der Waals surface area contributed by atoms with Crippen molar-refractivity contribution in [1.29, 1.82) is 0 Å².